The number of hydrogen-bond acceptors (Lipinski definition) is 3. The van der Waals surface area contributed by atoms with E-state index >= 15 is 0 Å². The Hall–Kier alpha value is -1.10. The number of carbonyl (C=O) groups is 1. The number of ether oxygens (including phenoxy) is 1. The molecule has 1 amide bonds. The van der Waals surface area contributed by atoms with Gasteiger partial charge in [0.05, 0.1) is 19.3 Å². The van der Waals surface area contributed by atoms with Crippen LogP contribution in [-0.2, 0) is 16.0 Å². The van der Waals surface area contributed by atoms with E-state index in [9.17, 15) is 4.79 Å². The van der Waals surface area contributed by atoms with Crippen LogP contribution in [0.15, 0.2) is 24.3 Å². The first-order valence-electron chi connectivity index (χ1n) is 6.59. The van der Waals surface area contributed by atoms with Crippen LogP contribution in [0.3, 0.4) is 0 Å². The van der Waals surface area contributed by atoms with Crippen LogP contribution in [0.25, 0.3) is 0 Å². The van der Waals surface area contributed by atoms with Gasteiger partial charge in [0, 0.05) is 24.2 Å². The maximum absolute atomic E-state index is 11.5. The Bertz CT molecular complexity index is 459. The number of carbonyl (C=O) groups excluding carboxylic acids is 1. The van der Waals surface area contributed by atoms with Gasteiger partial charge in [-0.25, -0.2) is 0 Å². The number of rotatable bonds is 4. The molecule has 2 aliphatic heterocycles. The summed E-state index contributed by atoms with van der Waals surface area (Å²) >= 11 is 5.90. The van der Waals surface area contributed by atoms with Gasteiger partial charge in [0.2, 0.25) is 5.91 Å². The SMILES string of the molecule is O=C1CN(C(Cc2ccc(Cl)cc2)[C@@H]2CO2)CCN1. The number of hydrogen-bond donors (Lipinski definition) is 1. The van der Waals surface area contributed by atoms with Gasteiger partial charge in [-0.05, 0) is 24.1 Å². The molecule has 102 valence electrons. The lowest BCUT2D eigenvalue weighted by Gasteiger charge is -2.33. The highest BCUT2D eigenvalue weighted by molar-refractivity contribution is 6.30. The molecule has 2 heterocycles. The molecule has 5 heteroatoms. The second kappa shape index (κ2) is 5.49. The summed E-state index contributed by atoms with van der Waals surface area (Å²) < 4.78 is 5.46. The number of nitrogens with one attached hydrogen (secondary N) is 1. The molecular formula is C14H17ClN2O2. The molecule has 1 aromatic rings. The molecule has 2 atom stereocenters. The molecule has 0 spiro atoms. The Kier molecular flexibility index (Phi) is 3.73. The van der Waals surface area contributed by atoms with E-state index in [-0.39, 0.29) is 18.1 Å². The molecule has 4 nitrogen and oxygen atoms in total. The number of piperazine rings is 1. The highest BCUT2D eigenvalue weighted by Gasteiger charge is 2.38. The van der Waals surface area contributed by atoms with Crippen LogP contribution < -0.4 is 5.32 Å². The van der Waals surface area contributed by atoms with Crippen LogP contribution in [0.5, 0.6) is 0 Å². The van der Waals surface area contributed by atoms with Crippen molar-refractivity contribution in [2.45, 2.75) is 18.6 Å². The fraction of sp³-hybridized carbons (Fsp3) is 0.500. The Morgan fingerprint density at radius 3 is 2.79 bits per heavy atom. The minimum Gasteiger partial charge on any atom is -0.371 e. The summed E-state index contributed by atoms with van der Waals surface area (Å²) in [5.41, 5.74) is 1.23. The minimum absolute atomic E-state index is 0.105. The number of nitrogens with zero attached hydrogens (tertiary/aromatic N) is 1. The summed E-state index contributed by atoms with van der Waals surface area (Å²) in [6.45, 7) is 2.89. The molecule has 19 heavy (non-hydrogen) atoms. The van der Waals surface area contributed by atoms with Crippen LogP contribution >= 0.6 is 11.6 Å². The summed E-state index contributed by atoms with van der Waals surface area (Å²) in [4.78, 5) is 13.7. The van der Waals surface area contributed by atoms with Crippen molar-refractivity contribution in [1.82, 2.24) is 10.2 Å². The lowest BCUT2D eigenvalue weighted by atomic mass is 10.0. The standard InChI is InChI=1S/C14H17ClN2O2/c15-11-3-1-10(2-4-11)7-12(13-9-19-13)17-6-5-16-14(18)8-17/h1-4,12-13H,5-9H2,(H,16,18)/t12?,13-/m0/s1. The van der Waals surface area contributed by atoms with E-state index in [1.165, 1.54) is 5.56 Å². The summed E-state index contributed by atoms with van der Waals surface area (Å²) in [5, 5.41) is 3.61. The molecule has 1 aromatic carbocycles. The van der Waals surface area contributed by atoms with E-state index in [2.05, 4.69) is 10.2 Å². The summed E-state index contributed by atoms with van der Waals surface area (Å²) in [5.74, 6) is 0.105. The normalized spacial score (nSPS) is 24.9. The zero-order valence-corrected chi connectivity index (χ0v) is 11.4. The van der Waals surface area contributed by atoms with Crippen LogP contribution in [0, 0.1) is 0 Å². The molecular weight excluding hydrogens is 264 g/mol. The fourth-order valence-corrected chi connectivity index (χ4v) is 2.70. The molecule has 2 fully saturated rings. The van der Waals surface area contributed by atoms with Crippen LogP contribution in [0.2, 0.25) is 5.02 Å². The van der Waals surface area contributed by atoms with Crippen molar-refractivity contribution in [3.63, 3.8) is 0 Å². The lowest BCUT2D eigenvalue weighted by Crippen LogP contribution is -2.53. The van der Waals surface area contributed by atoms with Crippen molar-refractivity contribution >= 4 is 17.5 Å². The largest absolute Gasteiger partial charge is 0.371 e. The van der Waals surface area contributed by atoms with E-state index in [0.29, 0.717) is 6.54 Å². The smallest absolute Gasteiger partial charge is 0.234 e. The van der Waals surface area contributed by atoms with Gasteiger partial charge in [0.1, 0.15) is 0 Å². The highest BCUT2D eigenvalue weighted by Crippen LogP contribution is 2.24. The third-order valence-electron chi connectivity index (χ3n) is 3.68. The molecule has 2 aliphatic rings. The highest BCUT2D eigenvalue weighted by atomic mass is 35.5. The van der Waals surface area contributed by atoms with Crippen molar-refractivity contribution in [2.24, 2.45) is 0 Å². The Labute approximate surface area is 117 Å². The number of epoxide rings is 1. The average molecular weight is 281 g/mol. The quantitative estimate of drug-likeness (QED) is 0.840. The van der Waals surface area contributed by atoms with Gasteiger partial charge >= 0.3 is 0 Å². The van der Waals surface area contributed by atoms with E-state index in [1.54, 1.807) is 0 Å². The van der Waals surface area contributed by atoms with Crippen molar-refractivity contribution in [3.8, 4) is 0 Å². The number of halogens is 1. The van der Waals surface area contributed by atoms with E-state index < -0.39 is 0 Å². The van der Waals surface area contributed by atoms with Gasteiger partial charge in [-0.2, -0.15) is 0 Å². The molecule has 0 aliphatic carbocycles. The Morgan fingerprint density at radius 2 is 2.16 bits per heavy atom. The van der Waals surface area contributed by atoms with E-state index in [1.807, 2.05) is 24.3 Å². The number of benzene rings is 1. The van der Waals surface area contributed by atoms with Gasteiger partial charge in [-0.3, -0.25) is 9.69 Å². The first kappa shape index (κ1) is 12.9. The Morgan fingerprint density at radius 1 is 1.42 bits per heavy atom. The third kappa shape index (κ3) is 3.26. The van der Waals surface area contributed by atoms with Gasteiger partial charge in [-0.15, -0.1) is 0 Å². The number of amides is 1. The van der Waals surface area contributed by atoms with Crippen LogP contribution in [0.1, 0.15) is 5.56 Å². The topological polar surface area (TPSA) is 44.9 Å². The summed E-state index contributed by atoms with van der Waals surface area (Å²) in [6.07, 6.45) is 1.16. The molecule has 0 bridgehead atoms. The van der Waals surface area contributed by atoms with E-state index in [0.717, 1.165) is 31.1 Å². The predicted octanol–water partition coefficient (Wildman–Crippen LogP) is 1.08. The van der Waals surface area contributed by atoms with Gasteiger partial charge < -0.3 is 10.1 Å². The Balaban J connectivity index is 1.70. The van der Waals surface area contributed by atoms with Crippen molar-refractivity contribution < 1.29 is 9.53 Å². The van der Waals surface area contributed by atoms with E-state index in [4.69, 9.17) is 16.3 Å². The zero-order valence-electron chi connectivity index (χ0n) is 10.6. The van der Waals surface area contributed by atoms with Gasteiger partial charge in [0.15, 0.2) is 0 Å². The molecule has 0 radical (unpaired) electrons. The molecule has 3 rings (SSSR count). The van der Waals surface area contributed by atoms with Gasteiger partial charge in [0.25, 0.3) is 0 Å². The summed E-state index contributed by atoms with van der Waals surface area (Å²) in [7, 11) is 0. The summed E-state index contributed by atoms with van der Waals surface area (Å²) in [6, 6.07) is 8.19. The van der Waals surface area contributed by atoms with Crippen molar-refractivity contribution in [3.05, 3.63) is 34.9 Å². The second-order valence-corrected chi connectivity index (χ2v) is 5.53. The first-order chi connectivity index (χ1) is 9.22. The zero-order chi connectivity index (χ0) is 13.2. The third-order valence-corrected chi connectivity index (χ3v) is 3.94. The molecule has 0 aromatic heterocycles. The van der Waals surface area contributed by atoms with Crippen LogP contribution in [-0.4, -0.2) is 49.2 Å². The molecule has 0 saturated carbocycles. The first-order valence-corrected chi connectivity index (χ1v) is 6.97. The minimum atomic E-state index is 0.105. The predicted molar refractivity (Wildman–Crippen MR) is 73.3 cm³/mol. The lowest BCUT2D eigenvalue weighted by molar-refractivity contribution is -0.125. The monoisotopic (exact) mass is 280 g/mol. The maximum atomic E-state index is 11.5. The van der Waals surface area contributed by atoms with Gasteiger partial charge in [-0.1, -0.05) is 23.7 Å². The van der Waals surface area contributed by atoms with Crippen LogP contribution in [0.4, 0.5) is 0 Å². The maximum Gasteiger partial charge on any atom is 0.234 e. The second-order valence-electron chi connectivity index (χ2n) is 5.09. The van der Waals surface area contributed by atoms with Crippen molar-refractivity contribution in [2.75, 3.05) is 26.2 Å². The van der Waals surface area contributed by atoms with Crippen molar-refractivity contribution in [1.29, 1.82) is 0 Å². The fourth-order valence-electron chi connectivity index (χ4n) is 2.58. The molecule has 1 unspecified atom stereocenters. The average Bonchev–Trinajstić information content (AvgIpc) is 3.22. The molecule has 1 N–H and O–H groups in total. The molecule has 2 saturated heterocycles.